The van der Waals surface area contributed by atoms with Crippen molar-refractivity contribution in [3.05, 3.63) is 0 Å². The molecule has 1 saturated heterocycles. The number of alkyl halides is 1. The minimum Gasteiger partial charge on any atom is -0.381 e. The predicted molar refractivity (Wildman–Crippen MR) is 35.4 cm³/mol. The predicted octanol–water partition coefficient (Wildman–Crippen LogP) is 0.970. The Hall–Kier alpha value is 0.210. The first-order valence-electron chi connectivity index (χ1n) is 3.20. The molecule has 1 atom stereocenters. The smallest absolute Gasteiger partial charge is 0.130 e. The van der Waals surface area contributed by atoms with Gasteiger partial charge in [0.2, 0.25) is 0 Å². The van der Waals surface area contributed by atoms with E-state index in [-0.39, 0.29) is 5.92 Å². The minimum absolute atomic E-state index is 0.250. The van der Waals surface area contributed by atoms with Gasteiger partial charge >= 0.3 is 0 Å². The first-order chi connectivity index (χ1) is 4.30. The van der Waals surface area contributed by atoms with E-state index in [2.05, 4.69) is 0 Å². The van der Waals surface area contributed by atoms with E-state index >= 15 is 0 Å². The summed E-state index contributed by atoms with van der Waals surface area (Å²) in [6.45, 7) is 1.49. The average molecular weight is 151 g/mol. The summed E-state index contributed by atoms with van der Waals surface area (Å²) in [5.74, 6) is 0.250. The Morgan fingerprint density at radius 1 is 1.44 bits per heavy atom. The van der Waals surface area contributed by atoms with Gasteiger partial charge in [0.1, 0.15) is 5.56 Å². The summed E-state index contributed by atoms with van der Waals surface area (Å²) in [6.07, 6.45) is 1.79. The monoisotopic (exact) mass is 150 g/mol. The molecule has 2 nitrogen and oxygen atoms in total. The lowest BCUT2D eigenvalue weighted by atomic mass is 10.0. The third-order valence-corrected chi connectivity index (χ3v) is 2.01. The summed E-state index contributed by atoms with van der Waals surface area (Å²) in [4.78, 5) is 0. The van der Waals surface area contributed by atoms with E-state index in [1.54, 1.807) is 0 Å². The van der Waals surface area contributed by atoms with Crippen LogP contribution in [0.25, 0.3) is 0 Å². The van der Waals surface area contributed by atoms with Gasteiger partial charge in [0.05, 0.1) is 0 Å². The maximum Gasteiger partial charge on any atom is 0.130 e. The molecule has 0 aliphatic carbocycles. The maximum absolute atomic E-state index is 8.89. The molecule has 3 heteroatoms. The molecule has 0 spiro atoms. The van der Waals surface area contributed by atoms with Crippen molar-refractivity contribution in [2.45, 2.75) is 18.4 Å². The van der Waals surface area contributed by atoms with Gasteiger partial charge in [-0.3, -0.25) is 0 Å². The number of halogens is 1. The number of rotatable bonds is 1. The fourth-order valence-corrected chi connectivity index (χ4v) is 1.24. The van der Waals surface area contributed by atoms with E-state index in [1.165, 1.54) is 0 Å². The zero-order valence-electron chi connectivity index (χ0n) is 5.22. The Balaban J connectivity index is 2.23. The quantitative estimate of drug-likeness (QED) is 0.565. The lowest BCUT2D eigenvalue weighted by molar-refractivity contribution is 0.0345. The van der Waals surface area contributed by atoms with E-state index < -0.39 is 5.56 Å². The van der Waals surface area contributed by atoms with Crippen LogP contribution in [0.3, 0.4) is 0 Å². The molecule has 1 N–H and O–H groups in total. The molecule has 0 radical (unpaired) electrons. The molecule has 0 bridgehead atoms. The van der Waals surface area contributed by atoms with Crippen LogP contribution in [0.15, 0.2) is 0 Å². The molecular weight excluding hydrogens is 140 g/mol. The highest BCUT2D eigenvalue weighted by Gasteiger charge is 2.19. The zero-order chi connectivity index (χ0) is 6.69. The molecule has 0 saturated carbocycles. The molecule has 1 unspecified atom stereocenters. The Kier molecular flexibility index (Phi) is 2.76. The van der Waals surface area contributed by atoms with Crippen LogP contribution in [0.4, 0.5) is 0 Å². The standard InChI is InChI=1S/C6H11ClO2/c7-6(8)5-1-3-9-4-2-5/h5-6,8H,1-4H2. The van der Waals surface area contributed by atoms with Gasteiger partial charge in [-0.25, -0.2) is 0 Å². The Morgan fingerprint density at radius 3 is 2.33 bits per heavy atom. The molecule has 0 amide bonds. The van der Waals surface area contributed by atoms with Gasteiger partial charge in [0.25, 0.3) is 0 Å². The molecule has 1 aliphatic heterocycles. The van der Waals surface area contributed by atoms with Crippen LogP contribution < -0.4 is 0 Å². The van der Waals surface area contributed by atoms with Crippen LogP contribution in [0.1, 0.15) is 12.8 Å². The van der Waals surface area contributed by atoms with Crippen LogP contribution >= 0.6 is 11.6 Å². The van der Waals surface area contributed by atoms with Gasteiger partial charge in [-0.2, -0.15) is 0 Å². The van der Waals surface area contributed by atoms with Gasteiger partial charge in [0.15, 0.2) is 0 Å². The molecule has 1 fully saturated rings. The van der Waals surface area contributed by atoms with Crippen molar-refractivity contribution in [3.8, 4) is 0 Å². The van der Waals surface area contributed by atoms with E-state index in [9.17, 15) is 0 Å². The van der Waals surface area contributed by atoms with Crippen LogP contribution in [0.2, 0.25) is 0 Å². The topological polar surface area (TPSA) is 29.5 Å². The van der Waals surface area contributed by atoms with Crippen LogP contribution in [-0.4, -0.2) is 23.9 Å². The summed E-state index contributed by atoms with van der Waals surface area (Å²) in [5.41, 5.74) is -0.672. The van der Waals surface area contributed by atoms with Crippen LogP contribution in [0, 0.1) is 5.92 Å². The van der Waals surface area contributed by atoms with Crippen molar-refractivity contribution in [3.63, 3.8) is 0 Å². The van der Waals surface area contributed by atoms with Crippen molar-refractivity contribution < 1.29 is 9.84 Å². The molecule has 0 aromatic carbocycles. The number of aliphatic hydroxyl groups excluding tert-OH is 1. The third-order valence-electron chi connectivity index (χ3n) is 1.65. The number of hydrogen-bond donors (Lipinski definition) is 1. The average Bonchev–Trinajstić information content (AvgIpc) is 1.90. The molecule has 0 aromatic rings. The lowest BCUT2D eigenvalue weighted by Crippen LogP contribution is -2.23. The van der Waals surface area contributed by atoms with Crippen molar-refractivity contribution in [2.24, 2.45) is 5.92 Å². The Labute approximate surface area is 59.8 Å². The number of ether oxygens (including phenoxy) is 1. The first kappa shape index (κ1) is 7.32. The summed E-state index contributed by atoms with van der Waals surface area (Å²) in [6, 6.07) is 0. The third kappa shape index (κ3) is 2.12. The second-order valence-electron chi connectivity index (χ2n) is 2.32. The van der Waals surface area contributed by atoms with Gasteiger partial charge < -0.3 is 9.84 Å². The highest BCUT2D eigenvalue weighted by molar-refractivity contribution is 6.19. The van der Waals surface area contributed by atoms with E-state index in [1.807, 2.05) is 0 Å². The molecule has 1 rings (SSSR count). The van der Waals surface area contributed by atoms with Gasteiger partial charge in [-0.05, 0) is 12.8 Å². The molecule has 9 heavy (non-hydrogen) atoms. The molecule has 1 heterocycles. The van der Waals surface area contributed by atoms with E-state index in [0.717, 1.165) is 26.1 Å². The van der Waals surface area contributed by atoms with Gasteiger partial charge in [-0.1, -0.05) is 11.6 Å². The zero-order valence-corrected chi connectivity index (χ0v) is 5.97. The second-order valence-corrected chi connectivity index (χ2v) is 2.77. The fraction of sp³-hybridized carbons (Fsp3) is 1.00. The van der Waals surface area contributed by atoms with Crippen molar-refractivity contribution in [1.82, 2.24) is 0 Å². The van der Waals surface area contributed by atoms with E-state index in [0.29, 0.717) is 0 Å². The number of aliphatic hydroxyl groups is 1. The van der Waals surface area contributed by atoms with Crippen LogP contribution in [-0.2, 0) is 4.74 Å². The molecule has 54 valence electrons. The first-order valence-corrected chi connectivity index (χ1v) is 3.64. The minimum atomic E-state index is -0.672. The summed E-state index contributed by atoms with van der Waals surface area (Å²) < 4.78 is 5.08. The Bertz CT molecular complexity index is 79.1. The summed E-state index contributed by atoms with van der Waals surface area (Å²) >= 11 is 5.46. The van der Waals surface area contributed by atoms with Gasteiger partial charge in [-0.15, -0.1) is 0 Å². The van der Waals surface area contributed by atoms with Crippen molar-refractivity contribution >= 4 is 11.6 Å². The van der Waals surface area contributed by atoms with Crippen molar-refractivity contribution in [1.29, 1.82) is 0 Å². The Morgan fingerprint density at radius 2 is 2.00 bits per heavy atom. The van der Waals surface area contributed by atoms with Gasteiger partial charge in [0, 0.05) is 19.1 Å². The number of hydrogen-bond acceptors (Lipinski definition) is 2. The lowest BCUT2D eigenvalue weighted by Gasteiger charge is -2.22. The normalized spacial score (nSPS) is 26.0. The fourth-order valence-electron chi connectivity index (χ4n) is 0.991. The van der Waals surface area contributed by atoms with E-state index in [4.69, 9.17) is 21.4 Å². The maximum atomic E-state index is 8.89. The van der Waals surface area contributed by atoms with Crippen LogP contribution in [0.5, 0.6) is 0 Å². The molecular formula is C6H11ClO2. The molecule has 0 aromatic heterocycles. The largest absolute Gasteiger partial charge is 0.381 e. The van der Waals surface area contributed by atoms with Crippen molar-refractivity contribution in [2.75, 3.05) is 13.2 Å². The summed E-state index contributed by atoms with van der Waals surface area (Å²) in [5, 5.41) is 8.89. The SMILES string of the molecule is OC(Cl)C1CCOCC1. The highest BCUT2D eigenvalue weighted by atomic mass is 35.5. The highest BCUT2D eigenvalue weighted by Crippen LogP contribution is 2.20. The molecule has 1 aliphatic rings. The second kappa shape index (κ2) is 3.40. The summed E-state index contributed by atoms with van der Waals surface area (Å²) in [7, 11) is 0.